The molecule has 1 aromatic rings. The SMILES string of the molecule is NC(=O)[C@@H]1O[C@@H]1c1cccc(Cl)c1. The molecular weight excluding hydrogens is 190 g/mol. The number of carbonyl (C=O) groups excluding carboxylic acids is 1. The molecule has 2 rings (SSSR count). The van der Waals surface area contributed by atoms with Crippen molar-refractivity contribution in [3.05, 3.63) is 34.9 Å². The summed E-state index contributed by atoms with van der Waals surface area (Å²) in [5, 5.41) is 0.635. The Kier molecular flexibility index (Phi) is 1.98. The Labute approximate surface area is 80.4 Å². The minimum absolute atomic E-state index is 0.198. The Morgan fingerprint density at radius 3 is 2.85 bits per heavy atom. The van der Waals surface area contributed by atoms with E-state index in [2.05, 4.69) is 0 Å². The van der Waals surface area contributed by atoms with Gasteiger partial charge in [0.25, 0.3) is 0 Å². The van der Waals surface area contributed by atoms with Crippen LogP contribution in [0.2, 0.25) is 5.02 Å². The Bertz CT molecular complexity index is 353. The number of rotatable bonds is 2. The Morgan fingerprint density at radius 1 is 1.54 bits per heavy atom. The molecule has 2 N–H and O–H groups in total. The lowest BCUT2D eigenvalue weighted by molar-refractivity contribution is -0.119. The molecule has 0 aliphatic carbocycles. The van der Waals surface area contributed by atoms with Gasteiger partial charge in [0.05, 0.1) is 0 Å². The number of epoxide rings is 1. The molecule has 0 spiro atoms. The van der Waals surface area contributed by atoms with Crippen molar-refractivity contribution < 1.29 is 9.53 Å². The fourth-order valence-corrected chi connectivity index (χ4v) is 1.46. The normalized spacial score (nSPS) is 25.6. The van der Waals surface area contributed by atoms with Gasteiger partial charge in [0, 0.05) is 5.02 Å². The molecule has 1 amide bonds. The van der Waals surface area contributed by atoms with Crippen molar-refractivity contribution in [2.45, 2.75) is 12.2 Å². The van der Waals surface area contributed by atoms with E-state index in [1.54, 1.807) is 12.1 Å². The van der Waals surface area contributed by atoms with Crippen LogP contribution in [0.5, 0.6) is 0 Å². The molecule has 0 radical (unpaired) electrons. The van der Waals surface area contributed by atoms with E-state index in [0.717, 1.165) is 5.56 Å². The molecule has 1 aliphatic heterocycles. The molecule has 1 fully saturated rings. The van der Waals surface area contributed by atoms with Crippen molar-refractivity contribution in [1.29, 1.82) is 0 Å². The maximum atomic E-state index is 10.7. The zero-order valence-corrected chi connectivity index (χ0v) is 7.49. The van der Waals surface area contributed by atoms with Crippen molar-refractivity contribution in [1.82, 2.24) is 0 Å². The highest BCUT2D eigenvalue weighted by Crippen LogP contribution is 2.38. The summed E-state index contributed by atoms with van der Waals surface area (Å²) in [5.74, 6) is -0.426. The van der Waals surface area contributed by atoms with Gasteiger partial charge in [0.15, 0.2) is 6.10 Å². The van der Waals surface area contributed by atoms with Gasteiger partial charge in [-0.2, -0.15) is 0 Å². The minimum atomic E-state index is -0.474. The van der Waals surface area contributed by atoms with Crippen LogP contribution >= 0.6 is 11.6 Å². The van der Waals surface area contributed by atoms with Crippen molar-refractivity contribution in [3.8, 4) is 0 Å². The molecule has 1 saturated heterocycles. The quantitative estimate of drug-likeness (QED) is 0.726. The average molecular weight is 198 g/mol. The maximum absolute atomic E-state index is 10.7. The van der Waals surface area contributed by atoms with Crippen LogP contribution in [0.15, 0.2) is 24.3 Å². The van der Waals surface area contributed by atoms with E-state index in [1.165, 1.54) is 0 Å². The summed E-state index contributed by atoms with van der Waals surface area (Å²) in [4.78, 5) is 10.7. The molecule has 3 nitrogen and oxygen atoms in total. The summed E-state index contributed by atoms with van der Waals surface area (Å²) in [6.07, 6.45) is -0.672. The number of amides is 1. The number of benzene rings is 1. The first-order valence-corrected chi connectivity index (χ1v) is 4.26. The fourth-order valence-electron chi connectivity index (χ4n) is 1.27. The number of halogens is 1. The summed E-state index contributed by atoms with van der Waals surface area (Å²) in [6.45, 7) is 0. The van der Waals surface area contributed by atoms with Crippen LogP contribution in [-0.2, 0) is 9.53 Å². The van der Waals surface area contributed by atoms with Crippen molar-refractivity contribution in [2.75, 3.05) is 0 Å². The molecule has 68 valence electrons. The first kappa shape index (κ1) is 8.53. The first-order chi connectivity index (χ1) is 6.18. The molecule has 0 saturated carbocycles. The average Bonchev–Trinajstić information content (AvgIpc) is 2.82. The third-order valence-corrected chi connectivity index (χ3v) is 2.18. The van der Waals surface area contributed by atoms with Crippen LogP contribution in [0, 0.1) is 0 Å². The second-order valence-corrected chi connectivity index (χ2v) is 3.37. The molecule has 1 aliphatic rings. The number of carbonyl (C=O) groups is 1. The van der Waals surface area contributed by atoms with Gasteiger partial charge in [-0.25, -0.2) is 0 Å². The van der Waals surface area contributed by atoms with Gasteiger partial charge in [-0.05, 0) is 17.7 Å². The number of ether oxygens (including phenoxy) is 1. The van der Waals surface area contributed by atoms with E-state index in [4.69, 9.17) is 22.1 Å². The van der Waals surface area contributed by atoms with E-state index in [9.17, 15) is 4.79 Å². The van der Waals surface area contributed by atoms with Gasteiger partial charge >= 0.3 is 0 Å². The minimum Gasteiger partial charge on any atom is -0.367 e. The van der Waals surface area contributed by atoms with Gasteiger partial charge in [0.2, 0.25) is 5.91 Å². The maximum Gasteiger partial charge on any atom is 0.249 e. The smallest absolute Gasteiger partial charge is 0.249 e. The van der Waals surface area contributed by atoms with Gasteiger partial charge in [-0.3, -0.25) is 4.79 Å². The lowest BCUT2D eigenvalue weighted by atomic mass is 10.1. The number of primary amides is 1. The molecule has 0 aromatic heterocycles. The second kappa shape index (κ2) is 3.01. The molecular formula is C9H8ClNO2. The lowest BCUT2D eigenvalue weighted by Crippen LogP contribution is -2.18. The van der Waals surface area contributed by atoms with E-state index in [1.807, 2.05) is 12.1 Å². The van der Waals surface area contributed by atoms with E-state index >= 15 is 0 Å². The van der Waals surface area contributed by atoms with E-state index < -0.39 is 12.0 Å². The fraction of sp³-hybridized carbons (Fsp3) is 0.222. The van der Waals surface area contributed by atoms with E-state index in [-0.39, 0.29) is 6.10 Å². The van der Waals surface area contributed by atoms with Crippen molar-refractivity contribution >= 4 is 17.5 Å². The Morgan fingerprint density at radius 2 is 2.31 bits per heavy atom. The third-order valence-electron chi connectivity index (χ3n) is 1.95. The van der Waals surface area contributed by atoms with Crippen molar-refractivity contribution in [3.63, 3.8) is 0 Å². The molecule has 1 aromatic carbocycles. The highest BCUT2D eigenvalue weighted by Gasteiger charge is 2.44. The molecule has 1 heterocycles. The van der Waals surface area contributed by atoms with Crippen molar-refractivity contribution in [2.24, 2.45) is 5.73 Å². The highest BCUT2D eigenvalue weighted by molar-refractivity contribution is 6.30. The third kappa shape index (κ3) is 1.66. The number of nitrogens with two attached hydrogens (primary N) is 1. The molecule has 4 heteroatoms. The van der Waals surface area contributed by atoms with Crippen LogP contribution in [0.4, 0.5) is 0 Å². The van der Waals surface area contributed by atoms with E-state index in [0.29, 0.717) is 5.02 Å². The van der Waals surface area contributed by atoms with Gasteiger partial charge < -0.3 is 10.5 Å². The Balaban J connectivity index is 2.16. The summed E-state index contributed by atoms with van der Waals surface area (Å²) in [6, 6.07) is 7.22. The van der Waals surface area contributed by atoms with Crippen LogP contribution in [0.25, 0.3) is 0 Å². The summed E-state index contributed by atoms with van der Waals surface area (Å²) >= 11 is 5.77. The molecule has 0 bridgehead atoms. The zero-order chi connectivity index (χ0) is 9.42. The second-order valence-electron chi connectivity index (χ2n) is 2.93. The number of hydrogen-bond acceptors (Lipinski definition) is 2. The standard InChI is InChI=1S/C9H8ClNO2/c10-6-3-1-2-5(4-6)7-8(13-7)9(11)12/h1-4,7-8H,(H2,11,12)/t7-,8-/m1/s1. The molecule has 0 unspecified atom stereocenters. The zero-order valence-electron chi connectivity index (χ0n) is 6.74. The summed E-state index contributed by atoms with van der Waals surface area (Å²) < 4.78 is 5.09. The van der Waals surface area contributed by atoms with Gasteiger partial charge in [-0.15, -0.1) is 0 Å². The highest BCUT2D eigenvalue weighted by atomic mass is 35.5. The Hall–Kier alpha value is -1.06. The largest absolute Gasteiger partial charge is 0.367 e. The molecule has 13 heavy (non-hydrogen) atoms. The topological polar surface area (TPSA) is 55.6 Å². The monoisotopic (exact) mass is 197 g/mol. The van der Waals surface area contributed by atoms with Crippen LogP contribution in [-0.4, -0.2) is 12.0 Å². The predicted octanol–water partition coefficient (Wildman–Crippen LogP) is 1.27. The van der Waals surface area contributed by atoms with Crippen LogP contribution in [0.3, 0.4) is 0 Å². The molecule has 2 atom stereocenters. The summed E-state index contributed by atoms with van der Waals surface area (Å²) in [7, 11) is 0. The first-order valence-electron chi connectivity index (χ1n) is 3.89. The lowest BCUT2D eigenvalue weighted by Gasteiger charge is -1.95. The number of hydrogen-bond donors (Lipinski definition) is 1. The summed E-state index contributed by atoms with van der Waals surface area (Å²) in [5.41, 5.74) is 5.97. The van der Waals surface area contributed by atoms with Crippen LogP contribution in [0.1, 0.15) is 11.7 Å². The van der Waals surface area contributed by atoms with Crippen LogP contribution < -0.4 is 5.73 Å². The predicted molar refractivity (Wildman–Crippen MR) is 48.3 cm³/mol. The van der Waals surface area contributed by atoms with Gasteiger partial charge in [-0.1, -0.05) is 23.7 Å². The van der Waals surface area contributed by atoms with Gasteiger partial charge in [0.1, 0.15) is 6.10 Å².